The third kappa shape index (κ3) is 5.11. The van der Waals surface area contributed by atoms with Gasteiger partial charge in [0.25, 0.3) is 0 Å². The van der Waals surface area contributed by atoms with Gasteiger partial charge in [-0.25, -0.2) is 0 Å². The Morgan fingerprint density at radius 1 is 1.39 bits per heavy atom. The van der Waals surface area contributed by atoms with E-state index < -0.39 is 0 Å². The van der Waals surface area contributed by atoms with E-state index in [1.807, 2.05) is 30.5 Å². The maximum atomic E-state index is 12.3. The molecule has 23 heavy (non-hydrogen) atoms. The summed E-state index contributed by atoms with van der Waals surface area (Å²) in [5.41, 5.74) is 0. The molecule has 0 bridgehead atoms. The molecule has 0 aliphatic carbocycles. The Morgan fingerprint density at radius 2 is 2.17 bits per heavy atom. The Bertz CT molecular complexity index is 417. The fourth-order valence-electron chi connectivity index (χ4n) is 3.58. The first-order chi connectivity index (χ1) is 11.0. The molecule has 2 aliphatic rings. The van der Waals surface area contributed by atoms with E-state index >= 15 is 0 Å². The zero-order valence-corrected chi connectivity index (χ0v) is 15.4. The van der Waals surface area contributed by atoms with Crippen molar-refractivity contribution in [2.45, 2.75) is 51.7 Å². The highest BCUT2D eigenvalue weighted by Crippen LogP contribution is 2.31. The van der Waals surface area contributed by atoms with E-state index in [1.165, 1.54) is 0 Å². The van der Waals surface area contributed by atoms with E-state index in [1.54, 1.807) is 0 Å². The topological polar surface area (TPSA) is 49.9 Å². The van der Waals surface area contributed by atoms with Crippen LogP contribution in [0.15, 0.2) is 0 Å². The second-order valence-electron chi connectivity index (χ2n) is 6.79. The van der Waals surface area contributed by atoms with Gasteiger partial charge >= 0.3 is 0 Å². The number of hydrogen-bond donors (Lipinski definition) is 0. The van der Waals surface area contributed by atoms with Crippen LogP contribution < -0.4 is 0 Å². The van der Waals surface area contributed by atoms with Crippen LogP contribution in [0.25, 0.3) is 0 Å². The molecule has 132 valence electrons. The van der Waals surface area contributed by atoms with Crippen molar-refractivity contribution in [2.75, 3.05) is 38.2 Å². The monoisotopic (exact) mass is 342 g/mol. The van der Waals surface area contributed by atoms with Gasteiger partial charge in [-0.2, -0.15) is 11.8 Å². The van der Waals surface area contributed by atoms with Crippen LogP contribution in [0.3, 0.4) is 0 Å². The molecule has 2 fully saturated rings. The average molecular weight is 343 g/mol. The molecule has 2 aliphatic heterocycles. The van der Waals surface area contributed by atoms with Crippen molar-refractivity contribution in [3.05, 3.63) is 0 Å². The van der Waals surface area contributed by atoms with Crippen LogP contribution in [-0.2, 0) is 14.3 Å². The Labute approximate surface area is 144 Å². The Morgan fingerprint density at radius 3 is 2.87 bits per heavy atom. The van der Waals surface area contributed by atoms with Gasteiger partial charge in [0.2, 0.25) is 11.8 Å². The normalized spacial score (nSPS) is 25.0. The number of ether oxygens (including phenoxy) is 1. The molecule has 0 N–H and O–H groups in total. The predicted octanol–water partition coefficient (Wildman–Crippen LogP) is 2.00. The molecule has 5 nitrogen and oxygen atoms in total. The van der Waals surface area contributed by atoms with Crippen LogP contribution in [0.1, 0.15) is 39.5 Å². The molecule has 0 radical (unpaired) electrons. The highest BCUT2D eigenvalue weighted by molar-refractivity contribution is 7.98. The zero-order chi connectivity index (χ0) is 16.8. The maximum Gasteiger partial charge on any atom is 0.248 e. The van der Waals surface area contributed by atoms with Gasteiger partial charge in [-0.3, -0.25) is 9.59 Å². The van der Waals surface area contributed by atoms with Crippen molar-refractivity contribution >= 4 is 23.6 Å². The first-order valence-electron chi connectivity index (χ1n) is 8.70. The van der Waals surface area contributed by atoms with E-state index in [4.69, 9.17) is 4.74 Å². The van der Waals surface area contributed by atoms with Gasteiger partial charge < -0.3 is 14.5 Å². The number of hydrogen-bond acceptors (Lipinski definition) is 4. The third-order valence-electron chi connectivity index (χ3n) is 4.78. The van der Waals surface area contributed by atoms with Crippen LogP contribution in [0.4, 0.5) is 0 Å². The molecule has 0 aromatic rings. The maximum absolute atomic E-state index is 12.3. The molecule has 2 rings (SSSR count). The summed E-state index contributed by atoms with van der Waals surface area (Å²) in [6, 6.07) is 0.327. The molecule has 2 unspecified atom stereocenters. The molecule has 2 heterocycles. The molecule has 0 aromatic heterocycles. The number of piperidine rings is 2. The average Bonchev–Trinajstić information content (AvgIpc) is 2.54. The van der Waals surface area contributed by atoms with Gasteiger partial charge in [0.05, 0.1) is 6.10 Å². The van der Waals surface area contributed by atoms with Gasteiger partial charge in [0, 0.05) is 32.1 Å². The number of amides is 2. The molecular weight excluding hydrogens is 312 g/mol. The molecule has 0 spiro atoms. The van der Waals surface area contributed by atoms with E-state index in [0.29, 0.717) is 24.3 Å². The Kier molecular flexibility index (Phi) is 7.21. The van der Waals surface area contributed by atoms with Crippen molar-refractivity contribution in [2.24, 2.45) is 5.92 Å². The van der Waals surface area contributed by atoms with Crippen LogP contribution in [0, 0.1) is 5.92 Å². The number of carbonyl (C=O) groups excluding carboxylic acids is 2. The number of rotatable bonds is 7. The van der Waals surface area contributed by atoms with E-state index in [0.717, 1.165) is 44.6 Å². The molecule has 2 amide bonds. The molecule has 6 heteroatoms. The van der Waals surface area contributed by atoms with Gasteiger partial charge in [-0.05, 0) is 51.0 Å². The largest absolute Gasteiger partial charge is 0.369 e. The fraction of sp³-hybridized carbons (Fsp3) is 0.882. The zero-order valence-electron chi connectivity index (χ0n) is 14.6. The summed E-state index contributed by atoms with van der Waals surface area (Å²) >= 11 is 1.83. The van der Waals surface area contributed by atoms with Crippen molar-refractivity contribution in [3.63, 3.8) is 0 Å². The highest BCUT2D eigenvalue weighted by Gasteiger charge is 2.39. The van der Waals surface area contributed by atoms with Crippen LogP contribution in [-0.4, -0.2) is 72.0 Å². The summed E-state index contributed by atoms with van der Waals surface area (Å²) in [6.07, 6.45) is 5.69. The lowest BCUT2D eigenvalue weighted by Crippen LogP contribution is -2.57. The number of carbonyl (C=O) groups is 2. The van der Waals surface area contributed by atoms with E-state index in [-0.39, 0.29) is 18.6 Å². The second kappa shape index (κ2) is 8.92. The summed E-state index contributed by atoms with van der Waals surface area (Å²) < 4.78 is 5.44. The summed E-state index contributed by atoms with van der Waals surface area (Å²) in [7, 11) is 0. The van der Waals surface area contributed by atoms with Crippen LogP contribution in [0.2, 0.25) is 0 Å². The molecule has 0 saturated carbocycles. The van der Waals surface area contributed by atoms with Gasteiger partial charge in [-0.15, -0.1) is 0 Å². The standard InChI is InChI=1S/C17H30N2O3S/c1-13(2)22-12-17(21)18-9-7-15-14(11-18)5-6-16(20)19(15)8-4-10-23-3/h13-15H,4-12H2,1-3H3. The highest BCUT2D eigenvalue weighted by atomic mass is 32.2. The number of likely N-dealkylation sites (tertiary alicyclic amines) is 2. The lowest BCUT2D eigenvalue weighted by Gasteiger charge is -2.47. The first-order valence-corrected chi connectivity index (χ1v) is 10.1. The van der Waals surface area contributed by atoms with Crippen molar-refractivity contribution in [3.8, 4) is 0 Å². The Hall–Kier alpha value is -0.750. The lowest BCUT2D eigenvalue weighted by molar-refractivity contribution is -0.146. The molecular formula is C17H30N2O3S. The van der Waals surface area contributed by atoms with Crippen molar-refractivity contribution < 1.29 is 14.3 Å². The first kappa shape index (κ1) is 18.6. The molecule has 0 aromatic carbocycles. The number of fused-ring (bicyclic) bond motifs is 1. The van der Waals surface area contributed by atoms with Crippen molar-refractivity contribution in [1.82, 2.24) is 9.80 Å². The fourth-order valence-corrected chi connectivity index (χ4v) is 3.99. The number of thioether (sulfide) groups is 1. The van der Waals surface area contributed by atoms with Crippen LogP contribution >= 0.6 is 11.8 Å². The summed E-state index contributed by atoms with van der Waals surface area (Å²) in [4.78, 5) is 28.5. The molecule has 2 atom stereocenters. The van der Waals surface area contributed by atoms with Gasteiger partial charge in [0.15, 0.2) is 0 Å². The third-order valence-corrected chi connectivity index (χ3v) is 5.48. The molecule has 2 saturated heterocycles. The van der Waals surface area contributed by atoms with E-state index in [2.05, 4.69) is 11.2 Å². The summed E-state index contributed by atoms with van der Waals surface area (Å²) in [5.74, 6) is 1.91. The van der Waals surface area contributed by atoms with E-state index in [9.17, 15) is 9.59 Å². The van der Waals surface area contributed by atoms with Gasteiger partial charge in [-0.1, -0.05) is 0 Å². The minimum absolute atomic E-state index is 0.0794. The summed E-state index contributed by atoms with van der Waals surface area (Å²) in [6.45, 7) is 6.44. The predicted molar refractivity (Wildman–Crippen MR) is 93.5 cm³/mol. The quantitative estimate of drug-likeness (QED) is 0.664. The Balaban J connectivity index is 1.89. The summed E-state index contributed by atoms with van der Waals surface area (Å²) in [5, 5.41) is 0. The van der Waals surface area contributed by atoms with Crippen molar-refractivity contribution in [1.29, 1.82) is 0 Å². The second-order valence-corrected chi connectivity index (χ2v) is 7.77. The number of nitrogens with zero attached hydrogens (tertiary/aromatic N) is 2. The SMILES string of the molecule is CSCCCN1C(=O)CCC2CN(C(=O)COC(C)C)CCC21. The lowest BCUT2D eigenvalue weighted by atomic mass is 9.83. The minimum atomic E-state index is 0.0794. The minimum Gasteiger partial charge on any atom is -0.369 e. The van der Waals surface area contributed by atoms with Gasteiger partial charge in [0.1, 0.15) is 6.61 Å². The van der Waals surface area contributed by atoms with Crippen LogP contribution in [0.5, 0.6) is 0 Å². The smallest absolute Gasteiger partial charge is 0.248 e.